The molecule has 0 saturated heterocycles. The molecule has 0 fully saturated rings. The lowest BCUT2D eigenvalue weighted by molar-refractivity contribution is 0.651. The van der Waals surface area contributed by atoms with Gasteiger partial charge in [-0.15, -0.1) is 0 Å². The van der Waals surface area contributed by atoms with Crippen LogP contribution in [-0.4, -0.2) is 17.5 Å². The van der Waals surface area contributed by atoms with E-state index in [1.165, 1.54) is 30.2 Å². The van der Waals surface area contributed by atoms with Gasteiger partial charge in [-0.25, -0.2) is 0 Å². The van der Waals surface area contributed by atoms with Gasteiger partial charge in [0.25, 0.3) is 0 Å². The first kappa shape index (κ1) is 11.4. The number of nitrogens with one attached hydrogen (secondary N) is 1. The maximum Gasteiger partial charge on any atom is 0.0134 e. The van der Waals surface area contributed by atoms with Crippen LogP contribution in [0, 0.1) is 0 Å². The predicted molar refractivity (Wildman–Crippen MR) is 60.4 cm³/mol. The van der Waals surface area contributed by atoms with Gasteiger partial charge < -0.3 is 5.32 Å². The van der Waals surface area contributed by atoms with E-state index in [0.29, 0.717) is 0 Å². The molecule has 0 aliphatic carbocycles. The predicted octanol–water partition coefficient (Wildman–Crippen LogP) is 2.76. The molecule has 0 spiro atoms. The van der Waals surface area contributed by atoms with Gasteiger partial charge >= 0.3 is 0 Å². The number of alkyl halides is 1. The van der Waals surface area contributed by atoms with E-state index in [4.69, 9.17) is 0 Å². The highest BCUT2D eigenvalue weighted by molar-refractivity contribution is 14.1. The van der Waals surface area contributed by atoms with E-state index in [-0.39, 0.29) is 0 Å². The summed E-state index contributed by atoms with van der Waals surface area (Å²) in [5.74, 6) is 0. The van der Waals surface area contributed by atoms with Crippen LogP contribution >= 0.6 is 22.6 Å². The molecule has 0 rings (SSSR count). The van der Waals surface area contributed by atoms with Crippen LogP contribution < -0.4 is 5.32 Å². The smallest absolute Gasteiger partial charge is 0.0134 e. The molecule has 0 aliphatic heterocycles. The molecule has 0 amide bonds. The maximum atomic E-state index is 3.36. The molecular formula is C9H18IN. The van der Waals surface area contributed by atoms with E-state index in [1.54, 1.807) is 0 Å². The fraction of sp³-hybridized carbons (Fsp3) is 0.778. The summed E-state index contributed by atoms with van der Waals surface area (Å²) in [6, 6.07) is 0. The van der Waals surface area contributed by atoms with Gasteiger partial charge in [0, 0.05) is 6.54 Å². The molecule has 0 aromatic carbocycles. The molecule has 0 saturated carbocycles. The van der Waals surface area contributed by atoms with Gasteiger partial charge in [0.1, 0.15) is 0 Å². The molecule has 0 unspecified atom stereocenters. The minimum absolute atomic E-state index is 1.03. The molecule has 0 aromatic heterocycles. The maximum absolute atomic E-state index is 3.36. The second-order valence-corrected chi connectivity index (χ2v) is 3.60. The van der Waals surface area contributed by atoms with E-state index in [9.17, 15) is 0 Å². The van der Waals surface area contributed by atoms with Gasteiger partial charge in [-0.05, 0) is 30.7 Å². The second kappa shape index (κ2) is 10.4. The van der Waals surface area contributed by atoms with Gasteiger partial charge in [-0.2, -0.15) is 0 Å². The first-order valence-corrected chi connectivity index (χ1v) is 5.82. The Balaban J connectivity index is 2.79. The number of unbranched alkanes of at least 4 members (excludes halogenated alkanes) is 2. The van der Waals surface area contributed by atoms with Crippen LogP contribution in [0.2, 0.25) is 0 Å². The Bertz CT molecular complexity index is 91.6. The Morgan fingerprint density at radius 2 is 2.09 bits per heavy atom. The molecule has 0 bridgehead atoms. The average Bonchev–Trinajstić information content (AvgIpc) is 2.03. The van der Waals surface area contributed by atoms with Crippen molar-refractivity contribution in [3.63, 3.8) is 0 Å². The normalized spacial score (nSPS) is 11.1. The molecule has 1 nitrogen and oxygen atoms in total. The lowest BCUT2D eigenvalue weighted by Crippen LogP contribution is -2.14. The molecule has 0 aliphatic rings. The van der Waals surface area contributed by atoms with Crippen LogP contribution in [0.25, 0.3) is 0 Å². The second-order valence-electron chi connectivity index (χ2n) is 2.52. The fourth-order valence-electron chi connectivity index (χ4n) is 0.825. The van der Waals surface area contributed by atoms with E-state index in [0.717, 1.165) is 6.54 Å². The van der Waals surface area contributed by atoms with Crippen molar-refractivity contribution in [2.75, 3.05) is 17.5 Å². The number of halogens is 1. The molecule has 2 heteroatoms. The lowest BCUT2D eigenvalue weighted by atomic mass is 10.2. The molecule has 0 radical (unpaired) electrons. The SMILES string of the molecule is C/C=C/CNCCCCCI. The van der Waals surface area contributed by atoms with Crippen LogP contribution in [0.4, 0.5) is 0 Å². The van der Waals surface area contributed by atoms with Crippen LogP contribution in [0.15, 0.2) is 12.2 Å². The zero-order chi connectivity index (χ0) is 8.36. The van der Waals surface area contributed by atoms with E-state index < -0.39 is 0 Å². The summed E-state index contributed by atoms with van der Waals surface area (Å²) in [4.78, 5) is 0. The molecule has 1 N–H and O–H groups in total. The van der Waals surface area contributed by atoms with Crippen LogP contribution in [0.1, 0.15) is 26.2 Å². The van der Waals surface area contributed by atoms with Gasteiger partial charge in [0.15, 0.2) is 0 Å². The first-order chi connectivity index (χ1) is 5.41. The lowest BCUT2D eigenvalue weighted by Gasteiger charge is -1.99. The van der Waals surface area contributed by atoms with Gasteiger partial charge in [-0.3, -0.25) is 0 Å². The van der Waals surface area contributed by atoms with Crippen molar-refractivity contribution in [3.05, 3.63) is 12.2 Å². The summed E-state index contributed by atoms with van der Waals surface area (Å²) in [5.41, 5.74) is 0. The van der Waals surface area contributed by atoms with Gasteiger partial charge in [0.05, 0.1) is 0 Å². The van der Waals surface area contributed by atoms with Crippen LogP contribution in [0.5, 0.6) is 0 Å². The van der Waals surface area contributed by atoms with Crippen molar-refractivity contribution in [3.8, 4) is 0 Å². The molecule has 66 valence electrons. The number of hydrogen-bond acceptors (Lipinski definition) is 1. The van der Waals surface area contributed by atoms with Gasteiger partial charge in [-0.1, -0.05) is 41.2 Å². The van der Waals surface area contributed by atoms with Gasteiger partial charge in [0.2, 0.25) is 0 Å². The van der Waals surface area contributed by atoms with Crippen molar-refractivity contribution in [2.45, 2.75) is 26.2 Å². The fourth-order valence-corrected chi connectivity index (χ4v) is 1.36. The number of allylic oxidation sites excluding steroid dienone is 1. The molecule has 0 heterocycles. The van der Waals surface area contributed by atoms with Crippen molar-refractivity contribution < 1.29 is 0 Å². The highest BCUT2D eigenvalue weighted by Crippen LogP contribution is 1.97. The minimum Gasteiger partial charge on any atom is -0.313 e. The first-order valence-electron chi connectivity index (χ1n) is 4.29. The number of hydrogen-bond donors (Lipinski definition) is 1. The van der Waals surface area contributed by atoms with E-state index in [2.05, 4.69) is 47.0 Å². The van der Waals surface area contributed by atoms with E-state index in [1.807, 2.05) is 0 Å². The minimum atomic E-state index is 1.03. The quantitative estimate of drug-likeness (QED) is 0.324. The third kappa shape index (κ3) is 10.4. The monoisotopic (exact) mass is 267 g/mol. The molecular weight excluding hydrogens is 249 g/mol. The van der Waals surface area contributed by atoms with Crippen molar-refractivity contribution in [1.29, 1.82) is 0 Å². The summed E-state index contributed by atoms with van der Waals surface area (Å²) in [5, 5.41) is 3.36. The largest absolute Gasteiger partial charge is 0.313 e. The zero-order valence-electron chi connectivity index (χ0n) is 7.28. The summed E-state index contributed by atoms with van der Waals surface area (Å²) in [6.07, 6.45) is 8.29. The third-order valence-electron chi connectivity index (χ3n) is 1.49. The molecule has 0 atom stereocenters. The Kier molecular flexibility index (Phi) is 10.8. The Hall–Kier alpha value is 0.430. The van der Waals surface area contributed by atoms with Crippen molar-refractivity contribution >= 4 is 22.6 Å². The standard InChI is InChI=1S/C9H18IN/c1-2-3-8-11-9-6-4-5-7-10/h2-3,11H,4-9H2,1H3/b3-2+. The summed E-state index contributed by atoms with van der Waals surface area (Å²) in [6.45, 7) is 4.25. The van der Waals surface area contributed by atoms with Crippen LogP contribution in [-0.2, 0) is 0 Å². The third-order valence-corrected chi connectivity index (χ3v) is 2.25. The Morgan fingerprint density at radius 3 is 2.73 bits per heavy atom. The Labute approximate surface area is 83.8 Å². The zero-order valence-corrected chi connectivity index (χ0v) is 9.43. The summed E-state index contributed by atoms with van der Waals surface area (Å²) >= 11 is 2.43. The van der Waals surface area contributed by atoms with Crippen molar-refractivity contribution in [1.82, 2.24) is 5.32 Å². The molecule has 0 aromatic rings. The average molecular weight is 267 g/mol. The highest BCUT2D eigenvalue weighted by Gasteiger charge is 1.85. The highest BCUT2D eigenvalue weighted by atomic mass is 127. The van der Waals surface area contributed by atoms with Crippen LogP contribution in [0.3, 0.4) is 0 Å². The van der Waals surface area contributed by atoms with E-state index >= 15 is 0 Å². The summed E-state index contributed by atoms with van der Waals surface area (Å²) < 4.78 is 1.30. The summed E-state index contributed by atoms with van der Waals surface area (Å²) in [7, 11) is 0. The molecule has 11 heavy (non-hydrogen) atoms. The van der Waals surface area contributed by atoms with Crippen molar-refractivity contribution in [2.24, 2.45) is 0 Å². The Morgan fingerprint density at radius 1 is 1.27 bits per heavy atom. The topological polar surface area (TPSA) is 12.0 Å². The number of rotatable bonds is 7.